The maximum absolute atomic E-state index is 12.4. The molecular weight excluding hydrogens is 448 g/mol. The molecule has 1 aromatic carbocycles. The summed E-state index contributed by atoms with van der Waals surface area (Å²) in [7, 11) is 0. The summed E-state index contributed by atoms with van der Waals surface area (Å²) >= 11 is 0. The summed E-state index contributed by atoms with van der Waals surface area (Å²) in [6.45, 7) is 6.57. The number of hydrogen-bond donors (Lipinski definition) is 0. The summed E-state index contributed by atoms with van der Waals surface area (Å²) in [5, 5.41) is 0. The van der Waals surface area contributed by atoms with E-state index in [-0.39, 0.29) is 11.9 Å². The molecule has 0 fully saturated rings. The van der Waals surface area contributed by atoms with E-state index >= 15 is 0 Å². The van der Waals surface area contributed by atoms with Crippen molar-refractivity contribution < 1.29 is 19.1 Å². The molecule has 36 heavy (non-hydrogen) atoms. The van der Waals surface area contributed by atoms with Crippen LogP contribution in [0.4, 0.5) is 0 Å². The normalized spacial score (nSPS) is 11.0. The molecule has 0 saturated carbocycles. The number of unbranched alkanes of at least 4 members (excludes halogenated alkanes) is 15. The van der Waals surface area contributed by atoms with Crippen LogP contribution in [0.5, 0.6) is 11.5 Å². The minimum atomic E-state index is -0.256. The van der Waals surface area contributed by atoms with E-state index in [4.69, 9.17) is 9.47 Å². The second-order valence-corrected chi connectivity index (χ2v) is 10.3. The van der Waals surface area contributed by atoms with Gasteiger partial charge in [0, 0.05) is 12.8 Å². The minimum Gasteiger partial charge on any atom is -0.423 e. The first-order valence-corrected chi connectivity index (χ1v) is 15.1. The highest BCUT2D eigenvalue weighted by Crippen LogP contribution is 2.30. The molecule has 0 radical (unpaired) electrons. The van der Waals surface area contributed by atoms with E-state index in [0.717, 1.165) is 69.8 Å². The monoisotopic (exact) mass is 502 g/mol. The maximum Gasteiger partial charge on any atom is 0.311 e. The van der Waals surface area contributed by atoms with Crippen LogP contribution in [0.3, 0.4) is 0 Å². The summed E-state index contributed by atoms with van der Waals surface area (Å²) in [5.41, 5.74) is 1.13. The largest absolute Gasteiger partial charge is 0.423 e. The average Bonchev–Trinajstić information content (AvgIpc) is 2.87. The van der Waals surface area contributed by atoms with Crippen molar-refractivity contribution in [1.29, 1.82) is 0 Å². The summed E-state index contributed by atoms with van der Waals surface area (Å²) in [6, 6.07) is 5.71. The third kappa shape index (κ3) is 16.8. The zero-order valence-electron chi connectivity index (χ0n) is 23.7. The van der Waals surface area contributed by atoms with E-state index in [1.165, 1.54) is 57.8 Å². The molecule has 0 atom stereocenters. The Hall–Kier alpha value is -1.84. The van der Waals surface area contributed by atoms with Crippen molar-refractivity contribution in [2.24, 2.45) is 0 Å². The fraction of sp³-hybridized carbons (Fsp3) is 0.750. The first-order chi connectivity index (χ1) is 17.6. The second-order valence-electron chi connectivity index (χ2n) is 10.3. The van der Waals surface area contributed by atoms with Gasteiger partial charge in [-0.25, -0.2) is 0 Å². The highest BCUT2D eigenvalue weighted by molar-refractivity contribution is 5.76. The lowest BCUT2D eigenvalue weighted by Crippen LogP contribution is -2.12. The van der Waals surface area contributed by atoms with E-state index in [9.17, 15) is 9.59 Å². The van der Waals surface area contributed by atoms with Gasteiger partial charge in [0.05, 0.1) is 0 Å². The van der Waals surface area contributed by atoms with Crippen molar-refractivity contribution in [2.75, 3.05) is 0 Å². The van der Waals surface area contributed by atoms with Gasteiger partial charge in [0.15, 0.2) is 11.5 Å². The lowest BCUT2D eigenvalue weighted by molar-refractivity contribution is -0.137. The first-order valence-electron chi connectivity index (χ1n) is 15.1. The van der Waals surface area contributed by atoms with Gasteiger partial charge >= 0.3 is 11.9 Å². The number of esters is 2. The number of carbonyl (C=O) groups is 2. The molecule has 0 spiro atoms. The molecule has 0 aliphatic carbocycles. The predicted octanol–water partition coefficient (Wildman–Crippen LogP) is 9.90. The third-order valence-corrected chi connectivity index (χ3v) is 6.74. The van der Waals surface area contributed by atoms with Crippen molar-refractivity contribution in [3.05, 3.63) is 23.8 Å². The lowest BCUT2D eigenvalue weighted by atomic mass is 10.0. The molecule has 0 saturated heterocycles. The van der Waals surface area contributed by atoms with Crippen LogP contribution < -0.4 is 9.47 Å². The predicted molar refractivity (Wildman–Crippen MR) is 151 cm³/mol. The van der Waals surface area contributed by atoms with E-state index in [2.05, 4.69) is 20.8 Å². The Labute approximate surface area is 221 Å². The molecule has 4 heteroatoms. The molecule has 0 aliphatic rings. The summed E-state index contributed by atoms with van der Waals surface area (Å²) in [6.07, 6.45) is 23.1. The van der Waals surface area contributed by atoms with Gasteiger partial charge in [0.2, 0.25) is 0 Å². The number of hydrogen-bond acceptors (Lipinski definition) is 4. The van der Waals surface area contributed by atoms with Crippen LogP contribution in [-0.2, 0) is 16.0 Å². The summed E-state index contributed by atoms with van der Waals surface area (Å²) in [4.78, 5) is 24.8. The molecule has 0 heterocycles. The quantitative estimate of drug-likeness (QED) is 0.0848. The van der Waals surface area contributed by atoms with Crippen LogP contribution in [0.15, 0.2) is 18.2 Å². The zero-order chi connectivity index (χ0) is 26.3. The van der Waals surface area contributed by atoms with Crippen LogP contribution in [0.2, 0.25) is 0 Å². The molecule has 0 aliphatic heterocycles. The smallest absolute Gasteiger partial charge is 0.311 e. The van der Waals surface area contributed by atoms with Gasteiger partial charge in [-0.15, -0.1) is 0 Å². The van der Waals surface area contributed by atoms with Crippen molar-refractivity contribution in [3.8, 4) is 11.5 Å². The topological polar surface area (TPSA) is 52.6 Å². The molecule has 4 nitrogen and oxygen atoms in total. The van der Waals surface area contributed by atoms with Gasteiger partial charge in [0.25, 0.3) is 0 Å². The van der Waals surface area contributed by atoms with Gasteiger partial charge in [0.1, 0.15) is 0 Å². The molecule has 0 N–H and O–H groups in total. The van der Waals surface area contributed by atoms with Crippen LogP contribution in [0.25, 0.3) is 0 Å². The standard InChI is InChI=1S/C32H54O4/c1-4-7-10-13-14-15-16-17-18-19-22-28-25-26-29(35-31(33)23-20-11-8-5-2)30(27-28)36-32(34)24-21-12-9-6-3/h25-27H,4-24H2,1-3H3. The number of benzene rings is 1. The third-order valence-electron chi connectivity index (χ3n) is 6.74. The molecule has 0 amide bonds. The molecule has 0 aromatic heterocycles. The fourth-order valence-corrected chi connectivity index (χ4v) is 4.43. The van der Waals surface area contributed by atoms with Gasteiger partial charge in [-0.3, -0.25) is 9.59 Å². The summed E-state index contributed by atoms with van der Waals surface area (Å²) < 4.78 is 11.3. The van der Waals surface area contributed by atoms with Crippen molar-refractivity contribution >= 4 is 11.9 Å². The zero-order valence-corrected chi connectivity index (χ0v) is 23.7. The number of rotatable bonds is 23. The van der Waals surface area contributed by atoms with Crippen LogP contribution >= 0.6 is 0 Å². The Morgan fingerprint density at radius 3 is 1.44 bits per heavy atom. The molecule has 206 valence electrons. The van der Waals surface area contributed by atoms with E-state index in [0.29, 0.717) is 24.3 Å². The van der Waals surface area contributed by atoms with Gasteiger partial charge in [-0.1, -0.05) is 123 Å². The Morgan fingerprint density at radius 2 is 0.944 bits per heavy atom. The minimum absolute atomic E-state index is 0.248. The number of ether oxygens (including phenoxy) is 2. The molecular formula is C32H54O4. The second kappa shape index (κ2) is 22.4. The fourth-order valence-electron chi connectivity index (χ4n) is 4.43. The molecule has 1 aromatic rings. The molecule has 0 bridgehead atoms. The SMILES string of the molecule is CCCCCCCCCCCCc1ccc(OC(=O)CCCCCC)c(OC(=O)CCCCCC)c1. The number of aryl methyl sites for hydroxylation is 1. The average molecular weight is 503 g/mol. The van der Waals surface area contributed by atoms with Gasteiger partial charge < -0.3 is 9.47 Å². The summed E-state index contributed by atoms with van der Waals surface area (Å²) in [5.74, 6) is 0.252. The van der Waals surface area contributed by atoms with Crippen molar-refractivity contribution in [1.82, 2.24) is 0 Å². The van der Waals surface area contributed by atoms with Gasteiger partial charge in [-0.05, 0) is 43.4 Å². The van der Waals surface area contributed by atoms with Crippen LogP contribution in [0, 0.1) is 0 Å². The first kappa shape index (κ1) is 32.2. The van der Waals surface area contributed by atoms with Gasteiger partial charge in [-0.2, -0.15) is 0 Å². The Bertz CT molecular complexity index is 697. The van der Waals surface area contributed by atoms with E-state index < -0.39 is 0 Å². The Balaban J connectivity index is 2.56. The van der Waals surface area contributed by atoms with E-state index in [1.54, 1.807) is 6.07 Å². The van der Waals surface area contributed by atoms with Crippen LogP contribution in [0.1, 0.15) is 155 Å². The maximum atomic E-state index is 12.4. The van der Waals surface area contributed by atoms with E-state index in [1.807, 2.05) is 12.1 Å². The molecule has 1 rings (SSSR count). The van der Waals surface area contributed by atoms with Crippen molar-refractivity contribution in [2.45, 2.75) is 156 Å². The Kier molecular flexibility index (Phi) is 20.0. The van der Waals surface area contributed by atoms with Crippen molar-refractivity contribution in [3.63, 3.8) is 0 Å². The van der Waals surface area contributed by atoms with Crippen LogP contribution in [-0.4, -0.2) is 11.9 Å². The highest BCUT2D eigenvalue weighted by Gasteiger charge is 2.15. The number of carbonyl (C=O) groups excluding carboxylic acids is 2. The Morgan fingerprint density at radius 1 is 0.528 bits per heavy atom. The molecule has 0 unspecified atom stereocenters. The lowest BCUT2D eigenvalue weighted by Gasteiger charge is -2.13. The highest BCUT2D eigenvalue weighted by atomic mass is 16.6.